The molecule has 112 valence electrons. The van der Waals surface area contributed by atoms with Gasteiger partial charge >= 0.3 is 0 Å². The number of rotatable bonds is 7. The number of hydrogen-bond acceptors (Lipinski definition) is 5. The van der Waals surface area contributed by atoms with Crippen LogP contribution in [0.1, 0.15) is 17.8 Å². The van der Waals surface area contributed by atoms with Gasteiger partial charge in [-0.3, -0.25) is 0 Å². The van der Waals surface area contributed by atoms with Crippen LogP contribution >= 0.6 is 0 Å². The summed E-state index contributed by atoms with van der Waals surface area (Å²) < 4.78 is 5.25. The summed E-state index contributed by atoms with van der Waals surface area (Å²) in [5.41, 5.74) is 2.09. The molecule has 0 aliphatic rings. The molecule has 0 radical (unpaired) electrons. The Morgan fingerprint density at radius 1 is 1.00 bits per heavy atom. The van der Waals surface area contributed by atoms with E-state index in [2.05, 4.69) is 32.7 Å². The zero-order valence-electron chi connectivity index (χ0n) is 12.8. The van der Waals surface area contributed by atoms with E-state index in [1.54, 1.807) is 7.11 Å². The lowest BCUT2D eigenvalue weighted by molar-refractivity contribution is 0.392. The summed E-state index contributed by atoms with van der Waals surface area (Å²) in [6.45, 7) is 5.59. The molecule has 0 aliphatic heterocycles. The highest BCUT2D eigenvalue weighted by Crippen LogP contribution is 2.21. The van der Waals surface area contributed by atoms with Crippen molar-refractivity contribution in [3.8, 4) is 5.88 Å². The number of aromatic nitrogens is 2. The summed E-state index contributed by atoms with van der Waals surface area (Å²) in [6.07, 6.45) is 1.000. The van der Waals surface area contributed by atoms with E-state index in [0.29, 0.717) is 11.7 Å². The normalized spacial score (nSPS) is 10.2. The summed E-state index contributed by atoms with van der Waals surface area (Å²) in [5, 5.41) is 6.73. The van der Waals surface area contributed by atoms with Crippen LogP contribution in [0, 0.1) is 13.8 Å². The van der Waals surface area contributed by atoms with Gasteiger partial charge in [-0.25, -0.2) is 4.98 Å². The maximum absolute atomic E-state index is 5.25. The second-order valence-electron chi connectivity index (χ2n) is 4.83. The van der Waals surface area contributed by atoms with E-state index >= 15 is 0 Å². The first-order valence-electron chi connectivity index (χ1n) is 7.12. The lowest BCUT2D eigenvalue weighted by Crippen LogP contribution is -2.12. The number of hydrogen-bond donors (Lipinski definition) is 2. The summed E-state index contributed by atoms with van der Waals surface area (Å²) in [7, 11) is 1.63. The van der Waals surface area contributed by atoms with Gasteiger partial charge < -0.3 is 15.4 Å². The van der Waals surface area contributed by atoms with Crippen LogP contribution in [0.15, 0.2) is 30.3 Å². The molecule has 0 atom stereocenters. The van der Waals surface area contributed by atoms with Crippen molar-refractivity contribution in [3.63, 3.8) is 0 Å². The number of para-hydroxylation sites is 1. The average molecular weight is 286 g/mol. The van der Waals surface area contributed by atoms with Crippen molar-refractivity contribution in [1.29, 1.82) is 0 Å². The monoisotopic (exact) mass is 286 g/mol. The average Bonchev–Trinajstić information content (AvgIpc) is 2.51. The molecular formula is C16H22N4O. The number of nitrogens with zero attached hydrogens (tertiary/aromatic N) is 2. The zero-order valence-corrected chi connectivity index (χ0v) is 12.8. The van der Waals surface area contributed by atoms with Crippen molar-refractivity contribution in [2.24, 2.45) is 0 Å². The molecule has 0 spiro atoms. The van der Waals surface area contributed by atoms with Gasteiger partial charge in [-0.1, -0.05) is 18.2 Å². The molecule has 1 aromatic heterocycles. The van der Waals surface area contributed by atoms with Crippen molar-refractivity contribution >= 4 is 11.5 Å². The van der Waals surface area contributed by atoms with Gasteiger partial charge in [0.25, 0.3) is 0 Å². The molecule has 5 heteroatoms. The quantitative estimate of drug-likeness (QED) is 0.766. The van der Waals surface area contributed by atoms with Crippen LogP contribution in [0.25, 0.3) is 0 Å². The number of anilines is 2. The minimum Gasteiger partial charge on any atom is -0.481 e. The summed E-state index contributed by atoms with van der Waals surface area (Å²) in [4.78, 5) is 8.66. The second kappa shape index (κ2) is 7.47. The molecule has 0 aliphatic carbocycles. The summed E-state index contributed by atoms with van der Waals surface area (Å²) in [6, 6.07) is 10.2. The molecule has 2 rings (SSSR count). The van der Waals surface area contributed by atoms with Crippen LogP contribution < -0.4 is 15.4 Å². The Kier molecular flexibility index (Phi) is 5.37. The van der Waals surface area contributed by atoms with Gasteiger partial charge in [0.1, 0.15) is 11.6 Å². The highest BCUT2D eigenvalue weighted by molar-refractivity contribution is 5.48. The van der Waals surface area contributed by atoms with Gasteiger partial charge in [-0.15, -0.1) is 0 Å². The smallest absolute Gasteiger partial charge is 0.221 e. The molecule has 2 aromatic rings. The van der Waals surface area contributed by atoms with E-state index in [1.807, 2.05) is 32.0 Å². The van der Waals surface area contributed by atoms with Gasteiger partial charge in [-0.2, -0.15) is 4.98 Å². The van der Waals surface area contributed by atoms with E-state index in [9.17, 15) is 0 Å². The van der Waals surface area contributed by atoms with E-state index in [4.69, 9.17) is 4.74 Å². The van der Waals surface area contributed by atoms with E-state index in [1.165, 1.54) is 0 Å². The first kappa shape index (κ1) is 15.1. The Hall–Kier alpha value is -2.30. The lowest BCUT2D eigenvalue weighted by atomic mass is 10.3. The van der Waals surface area contributed by atoms with Crippen LogP contribution in [-0.4, -0.2) is 30.2 Å². The van der Waals surface area contributed by atoms with Crippen LogP contribution in [-0.2, 0) is 0 Å². The molecular weight excluding hydrogens is 264 g/mol. The first-order valence-corrected chi connectivity index (χ1v) is 7.12. The van der Waals surface area contributed by atoms with Crippen LogP contribution in [0.2, 0.25) is 0 Å². The third-order valence-corrected chi connectivity index (χ3v) is 3.16. The second-order valence-corrected chi connectivity index (χ2v) is 4.83. The summed E-state index contributed by atoms with van der Waals surface area (Å²) in [5.74, 6) is 2.19. The molecule has 1 aromatic carbocycles. The standard InChI is InChI=1S/C16H22N4O/c1-12-15(19-13(2)20-16(12)21-3)18-11-7-10-17-14-8-5-4-6-9-14/h4-6,8-9,17H,7,10-11H2,1-3H3,(H,18,19,20). The number of methoxy groups -OCH3 is 1. The number of benzene rings is 1. The third-order valence-electron chi connectivity index (χ3n) is 3.16. The predicted molar refractivity (Wildman–Crippen MR) is 86.1 cm³/mol. The summed E-state index contributed by atoms with van der Waals surface area (Å²) >= 11 is 0. The molecule has 5 nitrogen and oxygen atoms in total. The largest absolute Gasteiger partial charge is 0.481 e. The van der Waals surface area contributed by atoms with Gasteiger partial charge in [0.05, 0.1) is 12.7 Å². The minimum atomic E-state index is 0.632. The van der Waals surface area contributed by atoms with Crippen molar-refractivity contribution in [3.05, 3.63) is 41.7 Å². The molecule has 21 heavy (non-hydrogen) atoms. The Morgan fingerprint density at radius 2 is 1.71 bits per heavy atom. The number of ether oxygens (including phenoxy) is 1. The van der Waals surface area contributed by atoms with Crippen molar-refractivity contribution in [2.75, 3.05) is 30.8 Å². The van der Waals surface area contributed by atoms with E-state index in [-0.39, 0.29) is 0 Å². The Morgan fingerprint density at radius 3 is 2.43 bits per heavy atom. The molecule has 0 bridgehead atoms. The van der Waals surface area contributed by atoms with E-state index < -0.39 is 0 Å². The fourth-order valence-corrected chi connectivity index (χ4v) is 2.06. The zero-order chi connectivity index (χ0) is 15.1. The van der Waals surface area contributed by atoms with Crippen molar-refractivity contribution in [2.45, 2.75) is 20.3 Å². The number of aryl methyl sites for hydroxylation is 1. The molecule has 0 saturated heterocycles. The molecule has 0 unspecified atom stereocenters. The fourth-order valence-electron chi connectivity index (χ4n) is 2.06. The van der Waals surface area contributed by atoms with Crippen LogP contribution in [0.5, 0.6) is 5.88 Å². The molecule has 2 N–H and O–H groups in total. The van der Waals surface area contributed by atoms with Crippen LogP contribution in [0.3, 0.4) is 0 Å². The Balaban J connectivity index is 1.80. The fraction of sp³-hybridized carbons (Fsp3) is 0.375. The van der Waals surface area contributed by atoms with Gasteiger partial charge in [0.2, 0.25) is 5.88 Å². The van der Waals surface area contributed by atoms with Crippen molar-refractivity contribution in [1.82, 2.24) is 9.97 Å². The SMILES string of the molecule is COc1nc(C)nc(NCCCNc2ccccc2)c1C. The topological polar surface area (TPSA) is 59.1 Å². The maximum Gasteiger partial charge on any atom is 0.221 e. The van der Waals surface area contributed by atoms with Gasteiger partial charge in [0.15, 0.2) is 0 Å². The lowest BCUT2D eigenvalue weighted by Gasteiger charge is -2.12. The highest BCUT2D eigenvalue weighted by Gasteiger charge is 2.08. The van der Waals surface area contributed by atoms with E-state index in [0.717, 1.165) is 36.6 Å². The first-order chi connectivity index (χ1) is 10.2. The molecule has 0 saturated carbocycles. The third kappa shape index (κ3) is 4.34. The molecule has 1 heterocycles. The van der Waals surface area contributed by atoms with Gasteiger partial charge in [-0.05, 0) is 32.4 Å². The predicted octanol–water partition coefficient (Wildman–Crippen LogP) is 3.02. The van der Waals surface area contributed by atoms with Gasteiger partial charge in [0, 0.05) is 18.8 Å². The van der Waals surface area contributed by atoms with Crippen LogP contribution in [0.4, 0.5) is 11.5 Å². The molecule has 0 fully saturated rings. The highest BCUT2D eigenvalue weighted by atomic mass is 16.5. The molecule has 0 amide bonds. The number of nitrogens with one attached hydrogen (secondary N) is 2. The Bertz CT molecular complexity index is 572. The van der Waals surface area contributed by atoms with Crippen molar-refractivity contribution < 1.29 is 4.74 Å². The Labute approximate surface area is 125 Å². The maximum atomic E-state index is 5.25. The minimum absolute atomic E-state index is 0.632.